The summed E-state index contributed by atoms with van der Waals surface area (Å²) in [5, 5.41) is 0. The van der Waals surface area contributed by atoms with Crippen LogP contribution in [-0.2, 0) is 0 Å². The summed E-state index contributed by atoms with van der Waals surface area (Å²) in [6.45, 7) is 16.0. The lowest BCUT2D eigenvalue weighted by Crippen LogP contribution is -2.19. The van der Waals surface area contributed by atoms with E-state index >= 15 is 0 Å². The topological polar surface area (TPSA) is 19.0 Å². The highest BCUT2D eigenvalue weighted by Gasteiger charge is 2.22. The summed E-state index contributed by atoms with van der Waals surface area (Å²) in [6, 6.07) is 35.0. The third kappa shape index (κ3) is 13.7. The Bertz CT molecular complexity index is 1630. The van der Waals surface area contributed by atoms with Gasteiger partial charge in [-0.2, -0.15) is 4.58 Å². The lowest BCUT2D eigenvalue weighted by molar-refractivity contribution is -0.462. The van der Waals surface area contributed by atoms with Gasteiger partial charge in [0.1, 0.15) is 14.1 Å². The molecule has 0 aliphatic heterocycles. The van der Waals surface area contributed by atoms with Gasteiger partial charge in [0.2, 0.25) is 17.1 Å². The van der Waals surface area contributed by atoms with Gasteiger partial charge in [-0.15, -0.1) is 0 Å². The van der Waals surface area contributed by atoms with Gasteiger partial charge >= 0.3 is 0 Å². The van der Waals surface area contributed by atoms with E-state index in [-0.39, 0.29) is 14.9 Å². The van der Waals surface area contributed by atoms with E-state index in [9.17, 15) is 0 Å². The van der Waals surface area contributed by atoms with Gasteiger partial charge in [0, 0.05) is 125 Å². The summed E-state index contributed by atoms with van der Waals surface area (Å²) in [4.78, 5) is 8.68. The fourth-order valence-corrected chi connectivity index (χ4v) is 5.24. The minimum atomic E-state index is 0. The average molecular weight is 737 g/mol. The molecule has 0 atom stereocenters. The second kappa shape index (κ2) is 26.6. The average Bonchev–Trinajstić information content (AvgIpc) is 3.19. The molecule has 4 aromatic carbocycles. The summed E-state index contributed by atoms with van der Waals surface area (Å²) in [5.74, 6) is 0. The Morgan fingerprint density at radius 1 is 0.333 bits per heavy atom. The molecule has 1 aliphatic rings. The second-order valence-corrected chi connectivity index (χ2v) is 11.8. The number of nitrogens with zero attached hydrogens (tertiary/aromatic N) is 6. The van der Waals surface area contributed by atoms with Crippen LogP contribution in [0, 0.1) is 0 Å². The predicted octanol–water partition coefficient (Wildman–Crippen LogP) is 12.8. The molecule has 4 aromatic rings. The van der Waals surface area contributed by atoms with E-state index in [0.29, 0.717) is 0 Å². The molecule has 0 N–H and O–H groups in total. The van der Waals surface area contributed by atoms with Crippen molar-refractivity contribution >= 4 is 56.9 Å². The summed E-state index contributed by atoms with van der Waals surface area (Å²) in [7, 11) is 16.6. The molecule has 0 unspecified atom stereocenters. The van der Waals surface area contributed by atoms with Crippen molar-refractivity contribution in [1.29, 1.82) is 0 Å². The number of hydrogen-bond acceptors (Lipinski definition) is 4. The molecule has 1 aliphatic carbocycles. The third-order valence-corrected chi connectivity index (χ3v) is 7.86. The Labute approximate surface area is 332 Å². The number of allylic oxidation sites excluding steroid dienone is 4. The molecule has 54 heavy (non-hydrogen) atoms. The number of anilines is 6. The van der Waals surface area contributed by atoms with Crippen LogP contribution in [0.1, 0.15) is 70.2 Å². The quantitative estimate of drug-likeness (QED) is 0.132. The van der Waals surface area contributed by atoms with E-state index in [2.05, 4.69) is 206 Å². The maximum Gasteiger partial charge on any atom is 0.212 e. The van der Waals surface area contributed by atoms with Crippen molar-refractivity contribution in [2.45, 2.75) is 70.2 Å². The van der Waals surface area contributed by atoms with Gasteiger partial charge in [0.25, 0.3) is 0 Å². The van der Waals surface area contributed by atoms with E-state index in [1.54, 1.807) is 0 Å². The SMILES string of the molecule is C.C.CC.CC.CC.CC.CN(C)c1ccc(N(c2ccc(N(C)C)cc2)c2ccc([N+](=C3C=CC(=[N+](C)C)C=C3)c3ccc(N(C)C)cc3)cc2)cc1. The number of benzene rings is 4. The Kier molecular flexibility index (Phi) is 25.2. The molecule has 0 heterocycles. The Morgan fingerprint density at radius 3 is 0.815 bits per heavy atom. The molecule has 0 saturated carbocycles. The second-order valence-electron chi connectivity index (χ2n) is 11.8. The summed E-state index contributed by atoms with van der Waals surface area (Å²) < 4.78 is 4.43. The van der Waals surface area contributed by atoms with Crippen molar-refractivity contribution < 1.29 is 4.58 Å². The molecule has 5 rings (SSSR count). The molecule has 0 fully saturated rings. The van der Waals surface area contributed by atoms with Crippen LogP contribution >= 0.6 is 0 Å². The minimum Gasteiger partial charge on any atom is -0.378 e. The predicted molar refractivity (Wildman–Crippen MR) is 251 cm³/mol. The fourth-order valence-electron chi connectivity index (χ4n) is 5.24. The van der Waals surface area contributed by atoms with E-state index < -0.39 is 0 Å². The van der Waals surface area contributed by atoms with Crippen molar-refractivity contribution in [3.8, 4) is 0 Å². The maximum atomic E-state index is 2.31. The van der Waals surface area contributed by atoms with Crippen molar-refractivity contribution in [3.63, 3.8) is 0 Å². The molecule has 6 nitrogen and oxygen atoms in total. The van der Waals surface area contributed by atoms with Crippen LogP contribution in [0.15, 0.2) is 121 Å². The summed E-state index contributed by atoms with van der Waals surface area (Å²) >= 11 is 0. The van der Waals surface area contributed by atoms with Gasteiger partial charge in [0.15, 0.2) is 5.71 Å². The number of rotatable bonds is 8. The van der Waals surface area contributed by atoms with Crippen LogP contribution in [0.2, 0.25) is 0 Å². The van der Waals surface area contributed by atoms with Gasteiger partial charge in [-0.25, -0.2) is 4.58 Å². The molecule has 6 heteroatoms. The van der Waals surface area contributed by atoms with Gasteiger partial charge in [0.05, 0.1) is 0 Å². The van der Waals surface area contributed by atoms with Crippen LogP contribution in [0.4, 0.5) is 45.5 Å². The summed E-state index contributed by atoms with van der Waals surface area (Å²) in [5.41, 5.74) is 11.3. The van der Waals surface area contributed by atoms with Crippen LogP contribution in [0.3, 0.4) is 0 Å². The summed E-state index contributed by atoms with van der Waals surface area (Å²) in [6.07, 6.45) is 8.71. The first kappa shape index (κ1) is 51.0. The van der Waals surface area contributed by atoms with Crippen LogP contribution < -0.4 is 24.2 Å². The first-order valence-electron chi connectivity index (χ1n) is 18.9. The zero-order valence-electron chi connectivity index (χ0n) is 35.2. The van der Waals surface area contributed by atoms with Crippen molar-refractivity contribution in [3.05, 3.63) is 121 Å². The largest absolute Gasteiger partial charge is 0.378 e. The lowest BCUT2D eigenvalue weighted by Gasteiger charge is -2.27. The van der Waals surface area contributed by atoms with Crippen molar-refractivity contribution in [2.24, 2.45) is 0 Å². The Hall–Kier alpha value is -5.10. The third-order valence-electron chi connectivity index (χ3n) is 7.86. The molecule has 0 bridgehead atoms. The van der Waals surface area contributed by atoms with Gasteiger partial charge in [-0.3, -0.25) is 0 Å². The van der Waals surface area contributed by atoms with Crippen LogP contribution in [0.5, 0.6) is 0 Å². The molecule has 0 amide bonds. The van der Waals surface area contributed by atoms with E-state index in [4.69, 9.17) is 0 Å². The smallest absolute Gasteiger partial charge is 0.212 e. The normalized spacial score (nSPS) is 10.4. The minimum absolute atomic E-state index is 0. The molecule has 0 aromatic heterocycles. The lowest BCUT2D eigenvalue weighted by atomic mass is 10.1. The fraction of sp³-hybridized carbons (Fsp3) is 0.375. The highest BCUT2D eigenvalue weighted by molar-refractivity contribution is 6.18. The first-order valence-corrected chi connectivity index (χ1v) is 18.9. The highest BCUT2D eigenvalue weighted by Crippen LogP contribution is 2.37. The molecular formula is C48H76N6+2. The molecular weight excluding hydrogens is 661 g/mol. The molecule has 0 saturated heterocycles. The zero-order valence-corrected chi connectivity index (χ0v) is 35.2. The zero-order chi connectivity index (χ0) is 39.4. The van der Waals surface area contributed by atoms with Crippen LogP contribution in [-0.4, -0.2) is 72.4 Å². The van der Waals surface area contributed by atoms with E-state index in [1.807, 2.05) is 55.4 Å². The van der Waals surface area contributed by atoms with Gasteiger partial charge in [-0.05, 0) is 72.8 Å². The van der Waals surface area contributed by atoms with Crippen molar-refractivity contribution in [2.75, 3.05) is 76.0 Å². The highest BCUT2D eigenvalue weighted by atomic mass is 15.1. The van der Waals surface area contributed by atoms with Gasteiger partial charge < -0.3 is 19.6 Å². The maximum absolute atomic E-state index is 2.31. The standard InChI is InChI=1S/C38H44N6.4C2H6.2CH4/c1-39(2)29-9-17-33(18-10-29)43(34-19-11-30(12-20-34)40(3)4)37-25-27-38(28-26-37)44(35-21-13-31(14-22-35)41(5)6)36-23-15-32(16-24-36)42(7)8;4*1-2;;/h9-28H,1-8H3;4*1-2H3;2*1H4/q+2;;;;;;. The monoisotopic (exact) mass is 737 g/mol. The first-order chi connectivity index (χ1) is 25.1. The van der Waals surface area contributed by atoms with Crippen molar-refractivity contribution in [1.82, 2.24) is 4.58 Å². The Balaban J connectivity index is 0. The van der Waals surface area contributed by atoms with E-state index in [0.717, 1.165) is 34.1 Å². The van der Waals surface area contributed by atoms with E-state index in [1.165, 1.54) is 22.8 Å². The van der Waals surface area contributed by atoms with Crippen LogP contribution in [0.25, 0.3) is 0 Å². The molecule has 0 radical (unpaired) electrons. The molecule has 0 spiro atoms. The van der Waals surface area contributed by atoms with Gasteiger partial charge in [-0.1, -0.05) is 70.2 Å². The Morgan fingerprint density at radius 2 is 0.556 bits per heavy atom. The number of hydrogen-bond donors (Lipinski definition) is 0. The molecule has 296 valence electrons.